The van der Waals surface area contributed by atoms with Gasteiger partial charge >= 0.3 is 0 Å². The highest BCUT2D eigenvalue weighted by atomic mass is 15.1. The summed E-state index contributed by atoms with van der Waals surface area (Å²) in [4.78, 5) is 2.54. The first-order valence-corrected chi connectivity index (χ1v) is 5.12. The van der Waals surface area contributed by atoms with E-state index in [1.807, 2.05) is 12.1 Å². The molecule has 1 saturated heterocycles. The molecule has 0 spiro atoms. The van der Waals surface area contributed by atoms with Gasteiger partial charge in [-0.05, 0) is 37.6 Å². The van der Waals surface area contributed by atoms with Gasteiger partial charge in [0, 0.05) is 6.54 Å². The molecule has 0 unspecified atom stereocenters. The molecule has 2 rings (SSSR count). The van der Waals surface area contributed by atoms with Crippen molar-refractivity contribution in [3.8, 4) is 0 Å². The van der Waals surface area contributed by atoms with Crippen LogP contribution in [-0.4, -0.2) is 18.0 Å². The minimum atomic E-state index is 1.12. The predicted octanol–water partition coefficient (Wildman–Crippen LogP) is 2.47. The second-order valence-corrected chi connectivity index (χ2v) is 3.75. The van der Waals surface area contributed by atoms with Gasteiger partial charge in [-0.1, -0.05) is 30.7 Å². The molecule has 1 nitrogen and oxygen atoms in total. The first-order chi connectivity index (χ1) is 6.45. The summed E-state index contributed by atoms with van der Waals surface area (Å²) >= 11 is 0. The molecule has 0 saturated carbocycles. The van der Waals surface area contributed by atoms with Crippen LogP contribution in [0.2, 0.25) is 0 Å². The lowest BCUT2D eigenvalue weighted by Crippen LogP contribution is -2.28. The molecule has 69 valence electrons. The van der Waals surface area contributed by atoms with Crippen molar-refractivity contribution in [2.45, 2.75) is 25.8 Å². The number of likely N-dealkylation sites (tertiary alicyclic amines) is 1. The van der Waals surface area contributed by atoms with Crippen molar-refractivity contribution in [2.75, 3.05) is 13.1 Å². The van der Waals surface area contributed by atoms with Crippen molar-refractivity contribution in [1.82, 2.24) is 4.90 Å². The fourth-order valence-corrected chi connectivity index (χ4v) is 1.90. The van der Waals surface area contributed by atoms with E-state index >= 15 is 0 Å². The highest BCUT2D eigenvalue weighted by Gasteiger charge is 2.09. The second-order valence-electron chi connectivity index (χ2n) is 3.75. The lowest BCUT2D eigenvalue weighted by atomic mass is 10.1. The number of rotatable bonds is 2. The zero-order valence-electron chi connectivity index (χ0n) is 8.00. The summed E-state index contributed by atoms with van der Waals surface area (Å²) in [5, 5.41) is 0. The Labute approximate surface area is 80.4 Å². The molecule has 1 aliphatic rings. The average Bonchev–Trinajstić information content (AvgIpc) is 2.21. The highest BCUT2D eigenvalue weighted by molar-refractivity contribution is 5.13. The number of piperidine rings is 1. The Bertz CT molecular complexity index is 237. The monoisotopic (exact) mass is 174 g/mol. The Morgan fingerprint density at radius 2 is 1.77 bits per heavy atom. The number of hydrogen-bond acceptors (Lipinski definition) is 1. The molecule has 1 heterocycles. The second kappa shape index (κ2) is 4.43. The van der Waals surface area contributed by atoms with Gasteiger partial charge in [-0.3, -0.25) is 4.90 Å². The number of benzene rings is 1. The maximum absolute atomic E-state index is 3.05. The standard InChI is InChI=1S/C12H16N/c1-3-7-12(8-4-1)11-13-9-5-2-6-10-13/h3-4,7-8H,2,5-6,9-11H2. The normalized spacial score (nSPS) is 18.8. The summed E-state index contributed by atoms with van der Waals surface area (Å²) in [5.41, 5.74) is 1.42. The van der Waals surface area contributed by atoms with Crippen molar-refractivity contribution >= 4 is 0 Å². The van der Waals surface area contributed by atoms with Gasteiger partial charge in [-0.2, -0.15) is 0 Å². The summed E-state index contributed by atoms with van der Waals surface area (Å²) in [5.74, 6) is 0. The number of nitrogens with zero attached hydrogens (tertiary/aromatic N) is 1. The highest BCUT2D eigenvalue weighted by Crippen LogP contribution is 2.12. The molecule has 0 aromatic heterocycles. The van der Waals surface area contributed by atoms with Crippen LogP contribution in [-0.2, 0) is 6.54 Å². The molecule has 1 fully saturated rings. The molecule has 1 heteroatoms. The van der Waals surface area contributed by atoms with Gasteiger partial charge in [0.05, 0.1) is 0 Å². The summed E-state index contributed by atoms with van der Waals surface area (Å²) < 4.78 is 0. The van der Waals surface area contributed by atoms with E-state index in [0.29, 0.717) is 0 Å². The largest absolute Gasteiger partial charge is 0.299 e. The SMILES string of the molecule is [c]1ccc(CN2CCCCC2)cc1. The Morgan fingerprint density at radius 3 is 2.46 bits per heavy atom. The van der Waals surface area contributed by atoms with E-state index < -0.39 is 0 Å². The summed E-state index contributed by atoms with van der Waals surface area (Å²) in [6.45, 7) is 3.67. The summed E-state index contributed by atoms with van der Waals surface area (Å²) in [6.07, 6.45) is 4.16. The minimum absolute atomic E-state index is 1.12. The van der Waals surface area contributed by atoms with Crippen LogP contribution in [0.15, 0.2) is 24.3 Å². The van der Waals surface area contributed by atoms with Crippen molar-refractivity contribution in [1.29, 1.82) is 0 Å². The maximum atomic E-state index is 3.05. The Balaban J connectivity index is 1.90. The summed E-state index contributed by atoms with van der Waals surface area (Å²) in [7, 11) is 0. The van der Waals surface area contributed by atoms with E-state index in [-0.39, 0.29) is 0 Å². The van der Waals surface area contributed by atoms with Crippen molar-refractivity contribution in [2.24, 2.45) is 0 Å². The van der Waals surface area contributed by atoms with E-state index in [1.165, 1.54) is 37.9 Å². The van der Waals surface area contributed by atoms with Gasteiger partial charge in [-0.15, -0.1) is 0 Å². The molecule has 1 aromatic carbocycles. The fourth-order valence-electron chi connectivity index (χ4n) is 1.90. The van der Waals surface area contributed by atoms with Crippen LogP contribution in [0.4, 0.5) is 0 Å². The smallest absolute Gasteiger partial charge is 0.0233 e. The molecule has 1 aliphatic heterocycles. The van der Waals surface area contributed by atoms with Crippen molar-refractivity contribution in [3.05, 3.63) is 35.9 Å². The van der Waals surface area contributed by atoms with Gasteiger partial charge in [0.25, 0.3) is 0 Å². The summed E-state index contributed by atoms with van der Waals surface area (Å²) in [6, 6.07) is 11.4. The van der Waals surface area contributed by atoms with Crippen LogP contribution < -0.4 is 0 Å². The van der Waals surface area contributed by atoms with Crippen LogP contribution in [0.3, 0.4) is 0 Å². The average molecular weight is 174 g/mol. The van der Waals surface area contributed by atoms with E-state index in [2.05, 4.69) is 23.1 Å². The van der Waals surface area contributed by atoms with E-state index in [1.54, 1.807) is 0 Å². The first kappa shape index (κ1) is 8.76. The molecule has 0 bridgehead atoms. The number of hydrogen-bond donors (Lipinski definition) is 0. The minimum Gasteiger partial charge on any atom is -0.299 e. The topological polar surface area (TPSA) is 3.24 Å². The Kier molecular flexibility index (Phi) is 2.98. The lowest BCUT2D eigenvalue weighted by molar-refractivity contribution is 0.221. The van der Waals surface area contributed by atoms with E-state index in [0.717, 1.165) is 6.54 Å². The van der Waals surface area contributed by atoms with Gasteiger partial charge < -0.3 is 0 Å². The molecule has 1 radical (unpaired) electrons. The molecule has 0 amide bonds. The van der Waals surface area contributed by atoms with Gasteiger partial charge in [0.2, 0.25) is 0 Å². The molecule has 0 aliphatic carbocycles. The van der Waals surface area contributed by atoms with Crippen LogP contribution in [0, 0.1) is 6.07 Å². The predicted molar refractivity (Wildman–Crippen MR) is 54.4 cm³/mol. The Morgan fingerprint density at radius 1 is 1.08 bits per heavy atom. The third kappa shape index (κ3) is 2.56. The third-order valence-corrected chi connectivity index (χ3v) is 2.64. The maximum Gasteiger partial charge on any atom is 0.0233 e. The zero-order chi connectivity index (χ0) is 8.93. The molecular weight excluding hydrogens is 158 g/mol. The van der Waals surface area contributed by atoms with E-state index in [9.17, 15) is 0 Å². The van der Waals surface area contributed by atoms with Gasteiger partial charge in [0.15, 0.2) is 0 Å². The quantitative estimate of drug-likeness (QED) is 0.665. The molecular formula is C12H16N. The van der Waals surface area contributed by atoms with Gasteiger partial charge in [-0.25, -0.2) is 0 Å². The fraction of sp³-hybridized carbons (Fsp3) is 0.500. The lowest BCUT2D eigenvalue weighted by Gasteiger charge is -2.26. The Hall–Kier alpha value is -0.820. The molecule has 13 heavy (non-hydrogen) atoms. The van der Waals surface area contributed by atoms with Crippen LogP contribution in [0.25, 0.3) is 0 Å². The molecule has 0 atom stereocenters. The van der Waals surface area contributed by atoms with Crippen LogP contribution in [0.1, 0.15) is 24.8 Å². The molecule has 1 aromatic rings. The van der Waals surface area contributed by atoms with Crippen LogP contribution >= 0.6 is 0 Å². The van der Waals surface area contributed by atoms with Crippen LogP contribution in [0.5, 0.6) is 0 Å². The molecule has 0 N–H and O–H groups in total. The first-order valence-electron chi connectivity index (χ1n) is 5.12. The third-order valence-electron chi connectivity index (χ3n) is 2.64. The zero-order valence-corrected chi connectivity index (χ0v) is 8.00. The van der Waals surface area contributed by atoms with Gasteiger partial charge in [0.1, 0.15) is 0 Å². The van der Waals surface area contributed by atoms with Crippen molar-refractivity contribution < 1.29 is 0 Å². The van der Waals surface area contributed by atoms with Crippen molar-refractivity contribution in [3.63, 3.8) is 0 Å². The van der Waals surface area contributed by atoms with E-state index in [4.69, 9.17) is 0 Å².